The van der Waals surface area contributed by atoms with Crippen LogP contribution in [0.15, 0.2) is 51.9 Å². The van der Waals surface area contributed by atoms with Gasteiger partial charge in [0.1, 0.15) is 0 Å². The van der Waals surface area contributed by atoms with Gasteiger partial charge >= 0.3 is 5.97 Å². The van der Waals surface area contributed by atoms with Crippen LogP contribution in [0.3, 0.4) is 0 Å². The molecule has 0 amide bonds. The average molecular weight is 448 g/mol. The van der Waals surface area contributed by atoms with Gasteiger partial charge in [-0.25, -0.2) is 17.9 Å². The molecule has 30 heavy (non-hydrogen) atoms. The van der Waals surface area contributed by atoms with Gasteiger partial charge in [-0.3, -0.25) is 0 Å². The van der Waals surface area contributed by atoms with Crippen molar-refractivity contribution in [3.05, 3.63) is 64.4 Å². The molecule has 1 aliphatic rings. The average Bonchev–Trinajstić information content (AvgIpc) is 3.39. The van der Waals surface area contributed by atoms with Crippen molar-refractivity contribution >= 4 is 27.6 Å². The number of carbonyl (C=O) groups excluding carboxylic acids is 1. The van der Waals surface area contributed by atoms with E-state index in [-0.39, 0.29) is 34.8 Å². The van der Waals surface area contributed by atoms with Crippen molar-refractivity contribution in [2.24, 2.45) is 0 Å². The lowest BCUT2D eigenvalue weighted by atomic mass is 10.1. The topological polar surface area (TPSA) is 111 Å². The van der Waals surface area contributed by atoms with Gasteiger partial charge in [-0.15, -0.1) is 0 Å². The quantitative estimate of drug-likeness (QED) is 0.551. The Bertz CT molecular complexity index is 1200. The fraction of sp³-hybridized carbons (Fsp3) is 0.250. The van der Waals surface area contributed by atoms with Crippen LogP contribution in [0.4, 0.5) is 0 Å². The van der Waals surface area contributed by atoms with Crippen LogP contribution in [-0.2, 0) is 21.4 Å². The Morgan fingerprint density at radius 3 is 2.77 bits per heavy atom. The lowest BCUT2D eigenvalue weighted by molar-refractivity contribution is 0.0458. The highest BCUT2D eigenvalue weighted by Gasteiger charge is 2.28. The molecule has 4 rings (SSSR count). The van der Waals surface area contributed by atoms with Crippen LogP contribution in [0.25, 0.3) is 11.5 Å². The number of nitrogens with one attached hydrogen (secondary N) is 1. The first kappa shape index (κ1) is 20.5. The maximum atomic E-state index is 12.5. The van der Waals surface area contributed by atoms with Crippen LogP contribution >= 0.6 is 11.6 Å². The summed E-state index contributed by atoms with van der Waals surface area (Å²) >= 11 is 6.11. The number of aromatic nitrogens is 2. The zero-order valence-electron chi connectivity index (χ0n) is 16.0. The number of hydrogen-bond acceptors (Lipinski definition) is 7. The first-order chi connectivity index (χ1) is 14.3. The van der Waals surface area contributed by atoms with E-state index in [1.165, 1.54) is 12.1 Å². The first-order valence-electron chi connectivity index (χ1n) is 9.21. The van der Waals surface area contributed by atoms with Gasteiger partial charge in [0.15, 0.2) is 6.61 Å². The van der Waals surface area contributed by atoms with Gasteiger partial charge in [0.25, 0.3) is 5.89 Å². The highest BCUT2D eigenvalue weighted by atomic mass is 35.5. The first-order valence-corrected chi connectivity index (χ1v) is 11.1. The molecule has 1 fully saturated rings. The van der Waals surface area contributed by atoms with Crippen molar-refractivity contribution in [3.8, 4) is 11.5 Å². The molecule has 2 aromatic carbocycles. The molecular weight excluding hydrogens is 430 g/mol. The molecule has 3 aromatic rings. The molecule has 1 aliphatic carbocycles. The minimum Gasteiger partial charge on any atom is -0.454 e. The second kappa shape index (κ2) is 8.17. The summed E-state index contributed by atoms with van der Waals surface area (Å²) in [5.41, 5.74) is 1.32. The number of ether oxygens (including phenoxy) is 1. The standard InChI is InChI=1S/C20H18ClN3O5S/c1-12-6-9-14(30(26,27)24-13-7-8-13)10-16(12)20(25)28-11-18-22-19(29-23-18)15-4-2-3-5-17(15)21/h2-6,9-10,13,24H,7-8,11H2,1H3. The number of carbonyl (C=O) groups is 1. The Balaban J connectivity index is 1.47. The molecule has 1 aromatic heterocycles. The highest BCUT2D eigenvalue weighted by molar-refractivity contribution is 7.89. The number of hydrogen-bond donors (Lipinski definition) is 1. The van der Waals surface area contributed by atoms with Gasteiger partial charge in [0.2, 0.25) is 15.8 Å². The van der Waals surface area contributed by atoms with Crippen LogP contribution in [0.2, 0.25) is 5.02 Å². The van der Waals surface area contributed by atoms with Crippen molar-refractivity contribution in [2.45, 2.75) is 37.3 Å². The molecule has 156 valence electrons. The maximum Gasteiger partial charge on any atom is 0.338 e. The third-order valence-electron chi connectivity index (χ3n) is 4.54. The molecule has 1 saturated carbocycles. The van der Waals surface area contributed by atoms with Gasteiger partial charge in [-0.2, -0.15) is 4.98 Å². The van der Waals surface area contributed by atoms with Crippen molar-refractivity contribution < 1.29 is 22.5 Å². The van der Waals surface area contributed by atoms with Gasteiger partial charge in [0, 0.05) is 6.04 Å². The number of benzene rings is 2. The van der Waals surface area contributed by atoms with E-state index in [1.54, 1.807) is 37.3 Å². The highest BCUT2D eigenvalue weighted by Crippen LogP contribution is 2.26. The van der Waals surface area contributed by atoms with Gasteiger partial charge in [-0.1, -0.05) is 35.0 Å². The minimum atomic E-state index is -3.68. The summed E-state index contributed by atoms with van der Waals surface area (Å²) < 4.78 is 37.8. The molecule has 0 bridgehead atoms. The zero-order chi connectivity index (χ0) is 21.3. The van der Waals surface area contributed by atoms with Crippen molar-refractivity contribution in [2.75, 3.05) is 0 Å². The van der Waals surface area contributed by atoms with Gasteiger partial charge in [-0.05, 0) is 49.6 Å². The normalized spacial score (nSPS) is 13.9. The van der Waals surface area contributed by atoms with E-state index < -0.39 is 16.0 Å². The maximum absolute atomic E-state index is 12.5. The van der Waals surface area contributed by atoms with E-state index in [0.29, 0.717) is 16.1 Å². The number of halogens is 1. The lowest BCUT2D eigenvalue weighted by Crippen LogP contribution is -2.26. The Labute approximate surface area is 178 Å². The van der Waals surface area contributed by atoms with Crippen molar-refractivity contribution in [3.63, 3.8) is 0 Å². The molecular formula is C20H18ClN3O5S. The van der Waals surface area contributed by atoms with Crippen LogP contribution in [-0.4, -0.2) is 30.6 Å². The van der Waals surface area contributed by atoms with Gasteiger partial charge in [0.05, 0.1) is 21.0 Å². The van der Waals surface area contributed by atoms with Crippen LogP contribution < -0.4 is 4.72 Å². The fourth-order valence-corrected chi connectivity index (χ4v) is 4.29. The van der Waals surface area contributed by atoms with Gasteiger partial charge < -0.3 is 9.26 Å². The summed E-state index contributed by atoms with van der Waals surface area (Å²) in [4.78, 5) is 16.7. The predicted molar refractivity (Wildman–Crippen MR) is 108 cm³/mol. The SMILES string of the molecule is Cc1ccc(S(=O)(=O)NC2CC2)cc1C(=O)OCc1noc(-c2ccccc2Cl)n1. The third kappa shape index (κ3) is 4.53. The fourth-order valence-electron chi connectivity index (χ4n) is 2.74. The summed E-state index contributed by atoms with van der Waals surface area (Å²) in [5, 5.41) is 4.25. The summed E-state index contributed by atoms with van der Waals surface area (Å²) in [7, 11) is -3.68. The Morgan fingerprint density at radius 1 is 1.27 bits per heavy atom. The Hall–Kier alpha value is -2.75. The summed E-state index contributed by atoms with van der Waals surface area (Å²) in [6.45, 7) is 1.47. The van der Waals surface area contributed by atoms with Crippen LogP contribution in [0, 0.1) is 6.92 Å². The Morgan fingerprint density at radius 2 is 2.03 bits per heavy atom. The largest absolute Gasteiger partial charge is 0.454 e. The van der Waals surface area contributed by atoms with E-state index in [4.69, 9.17) is 20.9 Å². The van der Waals surface area contributed by atoms with Crippen molar-refractivity contribution in [1.29, 1.82) is 0 Å². The lowest BCUT2D eigenvalue weighted by Gasteiger charge is -2.10. The molecule has 0 aliphatic heterocycles. The van der Waals surface area contributed by atoms with Crippen LogP contribution in [0.1, 0.15) is 34.6 Å². The molecule has 1 heterocycles. The number of aryl methyl sites for hydroxylation is 1. The second-order valence-corrected chi connectivity index (χ2v) is 9.07. The van der Waals surface area contributed by atoms with E-state index >= 15 is 0 Å². The smallest absolute Gasteiger partial charge is 0.338 e. The minimum absolute atomic E-state index is 0.0208. The van der Waals surface area contributed by atoms with E-state index in [1.807, 2.05) is 0 Å². The monoisotopic (exact) mass is 447 g/mol. The van der Waals surface area contributed by atoms with E-state index in [9.17, 15) is 13.2 Å². The summed E-state index contributed by atoms with van der Waals surface area (Å²) in [6.07, 6.45) is 1.64. The number of sulfonamides is 1. The molecule has 10 heteroatoms. The van der Waals surface area contributed by atoms with E-state index in [0.717, 1.165) is 12.8 Å². The van der Waals surface area contributed by atoms with Crippen LogP contribution in [0.5, 0.6) is 0 Å². The molecule has 0 spiro atoms. The number of nitrogens with zero attached hydrogens (tertiary/aromatic N) is 2. The Kier molecular flexibility index (Phi) is 5.59. The molecule has 0 atom stereocenters. The van der Waals surface area contributed by atoms with E-state index in [2.05, 4.69) is 14.9 Å². The molecule has 0 saturated heterocycles. The predicted octanol–water partition coefficient (Wildman–Crippen LogP) is 3.50. The molecule has 1 N–H and O–H groups in total. The zero-order valence-corrected chi connectivity index (χ0v) is 17.5. The molecule has 0 unspecified atom stereocenters. The molecule has 0 radical (unpaired) electrons. The summed E-state index contributed by atoms with van der Waals surface area (Å²) in [5.74, 6) is -0.308. The summed E-state index contributed by atoms with van der Waals surface area (Å²) in [6, 6.07) is 11.3. The third-order valence-corrected chi connectivity index (χ3v) is 6.39. The number of rotatable bonds is 7. The van der Waals surface area contributed by atoms with Crippen molar-refractivity contribution in [1.82, 2.24) is 14.9 Å². The molecule has 8 nitrogen and oxygen atoms in total. The second-order valence-electron chi connectivity index (χ2n) is 6.94. The number of esters is 1.